The zero-order chi connectivity index (χ0) is 13.9. The van der Waals surface area contributed by atoms with Crippen LogP contribution in [-0.4, -0.2) is 31.4 Å². The van der Waals surface area contributed by atoms with Crippen LogP contribution >= 0.6 is 0 Å². The number of rotatable bonds is 5. The summed E-state index contributed by atoms with van der Waals surface area (Å²) in [6.45, 7) is 2.24. The summed E-state index contributed by atoms with van der Waals surface area (Å²) in [6.07, 6.45) is 1.48. The number of nitrogens with one attached hydrogen (secondary N) is 1. The Hall–Kier alpha value is -1.73. The van der Waals surface area contributed by atoms with E-state index < -0.39 is 10.0 Å². The second-order valence-corrected chi connectivity index (χ2v) is 6.12. The molecule has 0 aliphatic heterocycles. The molecule has 1 N–H and O–H groups in total. The third-order valence-corrected chi connectivity index (χ3v) is 3.20. The Kier molecular flexibility index (Phi) is 3.96. The van der Waals surface area contributed by atoms with E-state index in [1.807, 2.05) is 31.2 Å². The van der Waals surface area contributed by atoms with Crippen molar-refractivity contribution in [3.63, 3.8) is 0 Å². The number of nitrogens with zero attached hydrogens (tertiary/aromatic N) is 2. The molecule has 0 radical (unpaired) electrons. The molecular weight excluding hydrogens is 266 g/mol. The number of hydrogen-bond donors (Lipinski definition) is 1. The van der Waals surface area contributed by atoms with Gasteiger partial charge in [0.05, 0.1) is 6.26 Å². The molecular formula is C12H15N3O3S. The van der Waals surface area contributed by atoms with E-state index in [9.17, 15) is 8.42 Å². The molecule has 0 unspecified atom stereocenters. The summed E-state index contributed by atoms with van der Waals surface area (Å²) in [6, 6.07) is 7.73. The molecule has 0 atom stereocenters. The fourth-order valence-electron chi connectivity index (χ4n) is 1.51. The lowest BCUT2D eigenvalue weighted by atomic mass is 10.1. The quantitative estimate of drug-likeness (QED) is 0.888. The first-order valence-electron chi connectivity index (χ1n) is 5.78. The average Bonchev–Trinajstić information content (AvgIpc) is 2.77. The van der Waals surface area contributed by atoms with Gasteiger partial charge < -0.3 is 4.42 Å². The van der Waals surface area contributed by atoms with E-state index in [1.165, 1.54) is 0 Å². The highest BCUT2D eigenvalue weighted by atomic mass is 32.2. The molecule has 2 rings (SSSR count). The van der Waals surface area contributed by atoms with E-state index in [-0.39, 0.29) is 6.54 Å². The van der Waals surface area contributed by atoms with E-state index in [0.717, 1.165) is 17.4 Å². The van der Waals surface area contributed by atoms with Crippen molar-refractivity contribution in [2.24, 2.45) is 0 Å². The van der Waals surface area contributed by atoms with Crippen LogP contribution in [0.3, 0.4) is 0 Å². The number of benzene rings is 1. The second-order valence-electron chi connectivity index (χ2n) is 4.28. The average molecular weight is 281 g/mol. The van der Waals surface area contributed by atoms with Gasteiger partial charge in [0, 0.05) is 18.5 Å². The molecule has 0 amide bonds. The highest BCUT2D eigenvalue weighted by molar-refractivity contribution is 7.88. The van der Waals surface area contributed by atoms with Crippen molar-refractivity contribution in [3.8, 4) is 11.5 Å². The van der Waals surface area contributed by atoms with Crippen LogP contribution in [0.1, 0.15) is 11.5 Å². The van der Waals surface area contributed by atoms with Gasteiger partial charge >= 0.3 is 0 Å². The molecule has 0 fully saturated rings. The van der Waals surface area contributed by atoms with E-state index in [2.05, 4.69) is 14.9 Å². The first-order valence-corrected chi connectivity index (χ1v) is 7.67. The van der Waals surface area contributed by atoms with Crippen molar-refractivity contribution in [1.82, 2.24) is 14.9 Å². The Morgan fingerprint density at radius 3 is 2.53 bits per heavy atom. The maximum atomic E-state index is 10.9. The van der Waals surface area contributed by atoms with Crippen LogP contribution in [0.25, 0.3) is 11.5 Å². The number of sulfonamides is 1. The summed E-state index contributed by atoms with van der Waals surface area (Å²) in [5.41, 5.74) is 2.00. The fraction of sp³-hybridized carbons (Fsp3) is 0.333. The van der Waals surface area contributed by atoms with Crippen LogP contribution in [0.4, 0.5) is 0 Å². The minimum atomic E-state index is -3.18. The summed E-state index contributed by atoms with van der Waals surface area (Å²) in [5, 5.41) is 7.82. The predicted molar refractivity (Wildman–Crippen MR) is 71.0 cm³/mol. The summed E-state index contributed by atoms with van der Waals surface area (Å²) in [4.78, 5) is 0. The molecule has 7 heteroatoms. The molecule has 0 bridgehead atoms. The molecule has 0 aliphatic rings. The van der Waals surface area contributed by atoms with Crippen LogP contribution < -0.4 is 4.72 Å². The number of hydrogen-bond acceptors (Lipinski definition) is 5. The molecule has 0 saturated carbocycles. The Labute approximate surface area is 111 Å². The largest absolute Gasteiger partial charge is 0.421 e. The summed E-state index contributed by atoms with van der Waals surface area (Å²) in [5.74, 6) is 0.848. The van der Waals surface area contributed by atoms with Gasteiger partial charge in [0.1, 0.15) is 0 Å². The minimum Gasteiger partial charge on any atom is -0.421 e. The smallest absolute Gasteiger partial charge is 0.247 e. The van der Waals surface area contributed by atoms with Crippen molar-refractivity contribution >= 4 is 10.0 Å². The van der Waals surface area contributed by atoms with Crippen LogP contribution in [0.2, 0.25) is 0 Å². The first-order chi connectivity index (χ1) is 8.94. The first kappa shape index (κ1) is 13.7. The van der Waals surface area contributed by atoms with Gasteiger partial charge in [-0.2, -0.15) is 0 Å². The molecule has 1 heterocycles. The fourth-order valence-corrected chi connectivity index (χ4v) is 1.98. The van der Waals surface area contributed by atoms with E-state index in [4.69, 9.17) is 4.42 Å². The molecule has 1 aromatic heterocycles. The van der Waals surface area contributed by atoms with Gasteiger partial charge in [-0.15, -0.1) is 10.2 Å². The monoisotopic (exact) mass is 281 g/mol. The van der Waals surface area contributed by atoms with E-state index in [0.29, 0.717) is 18.2 Å². The van der Waals surface area contributed by atoms with Crippen molar-refractivity contribution in [2.75, 3.05) is 12.8 Å². The Bertz CT molecular complexity index is 647. The van der Waals surface area contributed by atoms with Crippen LogP contribution in [0.5, 0.6) is 0 Å². The van der Waals surface area contributed by atoms with Crippen molar-refractivity contribution in [1.29, 1.82) is 0 Å². The highest BCUT2D eigenvalue weighted by Crippen LogP contribution is 2.18. The summed E-state index contributed by atoms with van der Waals surface area (Å²) < 4.78 is 29.6. The lowest BCUT2D eigenvalue weighted by molar-refractivity contribution is 0.502. The zero-order valence-corrected chi connectivity index (χ0v) is 11.6. The van der Waals surface area contributed by atoms with Gasteiger partial charge in [-0.1, -0.05) is 17.7 Å². The molecule has 1 aromatic carbocycles. The molecule has 2 aromatic rings. The Morgan fingerprint density at radius 2 is 1.89 bits per heavy atom. The Balaban J connectivity index is 2.01. The molecule has 0 aliphatic carbocycles. The van der Waals surface area contributed by atoms with Gasteiger partial charge in [0.2, 0.25) is 21.8 Å². The molecule has 19 heavy (non-hydrogen) atoms. The zero-order valence-electron chi connectivity index (χ0n) is 10.8. The van der Waals surface area contributed by atoms with Crippen LogP contribution in [-0.2, 0) is 16.4 Å². The van der Waals surface area contributed by atoms with Crippen LogP contribution in [0, 0.1) is 6.92 Å². The van der Waals surface area contributed by atoms with Crippen molar-refractivity contribution < 1.29 is 12.8 Å². The molecule has 102 valence electrons. The van der Waals surface area contributed by atoms with Gasteiger partial charge in [-0.25, -0.2) is 13.1 Å². The summed E-state index contributed by atoms with van der Waals surface area (Å²) >= 11 is 0. The maximum Gasteiger partial charge on any atom is 0.247 e. The maximum absolute atomic E-state index is 10.9. The third-order valence-electron chi connectivity index (χ3n) is 2.47. The molecule has 0 saturated heterocycles. The van der Waals surface area contributed by atoms with E-state index in [1.54, 1.807) is 0 Å². The summed E-state index contributed by atoms with van der Waals surface area (Å²) in [7, 11) is -3.18. The van der Waals surface area contributed by atoms with E-state index >= 15 is 0 Å². The minimum absolute atomic E-state index is 0.244. The molecule has 0 spiro atoms. The van der Waals surface area contributed by atoms with Gasteiger partial charge in [0.15, 0.2) is 0 Å². The lowest BCUT2D eigenvalue weighted by Gasteiger charge is -1.98. The topological polar surface area (TPSA) is 85.1 Å². The highest BCUT2D eigenvalue weighted by Gasteiger charge is 2.09. The normalized spacial score (nSPS) is 11.7. The predicted octanol–water partition coefficient (Wildman–Crippen LogP) is 1.14. The number of aromatic nitrogens is 2. The van der Waals surface area contributed by atoms with Gasteiger partial charge in [-0.3, -0.25) is 0 Å². The lowest BCUT2D eigenvalue weighted by Crippen LogP contribution is -2.24. The number of aryl methyl sites for hydroxylation is 1. The van der Waals surface area contributed by atoms with Crippen LogP contribution in [0.15, 0.2) is 28.7 Å². The SMILES string of the molecule is Cc1ccc(-c2nnc(CCNS(C)(=O)=O)o2)cc1. The standard InChI is InChI=1S/C12H15N3O3S/c1-9-3-5-10(6-4-9)12-15-14-11(18-12)7-8-13-19(2,16)17/h3-6,13H,7-8H2,1-2H3. The van der Waals surface area contributed by atoms with Crippen molar-refractivity contribution in [2.45, 2.75) is 13.3 Å². The molecule has 6 nitrogen and oxygen atoms in total. The van der Waals surface area contributed by atoms with Gasteiger partial charge in [-0.05, 0) is 19.1 Å². The van der Waals surface area contributed by atoms with Crippen molar-refractivity contribution in [3.05, 3.63) is 35.7 Å². The second kappa shape index (κ2) is 5.50. The Morgan fingerprint density at radius 1 is 1.21 bits per heavy atom. The van der Waals surface area contributed by atoms with Gasteiger partial charge in [0.25, 0.3) is 0 Å². The third kappa shape index (κ3) is 4.15.